The SMILES string of the molecule is CCOc1cc(C2/C(=C(\O)c3ccc4c(c3)CCCO4)C(=O)C(=O)N2c2ccc(C#N)cc2)ccc1O. The summed E-state index contributed by atoms with van der Waals surface area (Å²) in [5.41, 5.74) is 2.48. The van der Waals surface area contributed by atoms with Gasteiger partial charge in [0.1, 0.15) is 11.5 Å². The van der Waals surface area contributed by atoms with Crippen LogP contribution in [0.5, 0.6) is 17.2 Å². The normalized spacial score (nSPS) is 18.2. The van der Waals surface area contributed by atoms with Crippen molar-refractivity contribution in [3.8, 4) is 23.3 Å². The summed E-state index contributed by atoms with van der Waals surface area (Å²) in [5.74, 6) is -1.13. The van der Waals surface area contributed by atoms with Crippen LogP contribution in [0.1, 0.15) is 41.6 Å². The first-order valence-electron chi connectivity index (χ1n) is 12.0. The van der Waals surface area contributed by atoms with Crippen LogP contribution < -0.4 is 14.4 Å². The van der Waals surface area contributed by atoms with Crippen LogP contribution in [0.3, 0.4) is 0 Å². The summed E-state index contributed by atoms with van der Waals surface area (Å²) in [6, 6.07) is 17.1. The third kappa shape index (κ3) is 4.25. The summed E-state index contributed by atoms with van der Waals surface area (Å²) in [4.78, 5) is 28.1. The minimum atomic E-state index is -1.000. The molecule has 8 nitrogen and oxygen atoms in total. The third-order valence-corrected chi connectivity index (χ3v) is 6.50. The number of amides is 1. The van der Waals surface area contributed by atoms with Crippen LogP contribution in [-0.2, 0) is 16.0 Å². The molecule has 186 valence electrons. The molecule has 1 atom stereocenters. The van der Waals surface area contributed by atoms with E-state index in [2.05, 4.69) is 0 Å². The highest BCUT2D eigenvalue weighted by atomic mass is 16.5. The number of aliphatic hydroxyl groups excluding tert-OH is 1. The van der Waals surface area contributed by atoms with Gasteiger partial charge in [0.2, 0.25) is 0 Å². The van der Waals surface area contributed by atoms with Gasteiger partial charge in [-0.05, 0) is 85.5 Å². The van der Waals surface area contributed by atoms with Crippen molar-refractivity contribution in [3.05, 3.63) is 88.5 Å². The number of ketones is 1. The summed E-state index contributed by atoms with van der Waals surface area (Å²) in [6.07, 6.45) is 1.61. The second kappa shape index (κ2) is 9.70. The van der Waals surface area contributed by atoms with Crippen molar-refractivity contribution in [2.24, 2.45) is 0 Å². The molecule has 5 rings (SSSR count). The average Bonchev–Trinajstić information content (AvgIpc) is 3.19. The van der Waals surface area contributed by atoms with Crippen molar-refractivity contribution in [3.63, 3.8) is 0 Å². The van der Waals surface area contributed by atoms with Crippen LogP contribution in [0.25, 0.3) is 5.76 Å². The number of phenolic OH excluding ortho intramolecular Hbond substituents is 1. The van der Waals surface area contributed by atoms with Gasteiger partial charge < -0.3 is 19.7 Å². The van der Waals surface area contributed by atoms with E-state index in [0.29, 0.717) is 35.6 Å². The van der Waals surface area contributed by atoms with Crippen molar-refractivity contribution < 1.29 is 29.3 Å². The zero-order chi connectivity index (χ0) is 26.1. The summed E-state index contributed by atoms with van der Waals surface area (Å²) in [6.45, 7) is 2.69. The number of aryl methyl sites for hydroxylation is 1. The van der Waals surface area contributed by atoms with E-state index in [0.717, 1.165) is 24.2 Å². The molecule has 0 aromatic heterocycles. The molecule has 8 heteroatoms. The van der Waals surface area contributed by atoms with Gasteiger partial charge in [-0.3, -0.25) is 14.5 Å². The van der Waals surface area contributed by atoms with Gasteiger partial charge in [-0.15, -0.1) is 0 Å². The van der Waals surface area contributed by atoms with Gasteiger partial charge in [0, 0.05) is 11.3 Å². The number of carbonyl (C=O) groups excluding carboxylic acids is 2. The summed E-state index contributed by atoms with van der Waals surface area (Å²) in [5, 5.41) is 30.9. The molecule has 37 heavy (non-hydrogen) atoms. The quantitative estimate of drug-likeness (QED) is 0.301. The Bertz CT molecular complexity index is 1470. The van der Waals surface area contributed by atoms with E-state index in [1.807, 2.05) is 6.07 Å². The van der Waals surface area contributed by atoms with Crippen molar-refractivity contribution in [1.82, 2.24) is 0 Å². The highest BCUT2D eigenvalue weighted by molar-refractivity contribution is 6.51. The van der Waals surface area contributed by atoms with E-state index in [9.17, 15) is 25.1 Å². The molecule has 0 aliphatic carbocycles. The van der Waals surface area contributed by atoms with E-state index in [-0.39, 0.29) is 22.8 Å². The number of benzene rings is 3. The Morgan fingerprint density at radius 2 is 1.92 bits per heavy atom. The summed E-state index contributed by atoms with van der Waals surface area (Å²) < 4.78 is 11.2. The van der Waals surface area contributed by atoms with Gasteiger partial charge in [-0.1, -0.05) is 6.07 Å². The predicted octanol–water partition coefficient (Wildman–Crippen LogP) is 4.61. The number of nitrogens with zero attached hydrogens (tertiary/aromatic N) is 2. The second-order valence-corrected chi connectivity index (χ2v) is 8.76. The van der Waals surface area contributed by atoms with Crippen molar-refractivity contribution >= 4 is 23.1 Å². The van der Waals surface area contributed by atoms with Crippen LogP contribution in [-0.4, -0.2) is 35.1 Å². The fraction of sp³-hybridized carbons (Fsp3) is 0.207. The van der Waals surface area contributed by atoms with Gasteiger partial charge in [0.05, 0.1) is 36.5 Å². The monoisotopic (exact) mass is 496 g/mol. The maximum absolute atomic E-state index is 13.4. The highest BCUT2D eigenvalue weighted by Crippen LogP contribution is 2.44. The molecule has 1 unspecified atom stereocenters. The number of hydrogen-bond acceptors (Lipinski definition) is 7. The number of carbonyl (C=O) groups is 2. The summed E-state index contributed by atoms with van der Waals surface area (Å²) >= 11 is 0. The van der Waals surface area contributed by atoms with Crippen LogP contribution in [0.15, 0.2) is 66.2 Å². The van der Waals surface area contributed by atoms with E-state index in [1.54, 1.807) is 61.5 Å². The molecule has 2 N–H and O–H groups in total. The van der Waals surface area contributed by atoms with E-state index in [1.165, 1.54) is 11.0 Å². The first-order chi connectivity index (χ1) is 17.9. The van der Waals surface area contributed by atoms with Crippen LogP contribution >= 0.6 is 0 Å². The van der Waals surface area contributed by atoms with Gasteiger partial charge in [-0.2, -0.15) is 5.26 Å². The lowest BCUT2D eigenvalue weighted by Gasteiger charge is -2.26. The molecule has 3 aromatic rings. The maximum atomic E-state index is 13.4. The summed E-state index contributed by atoms with van der Waals surface area (Å²) in [7, 11) is 0. The van der Waals surface area contributed by atoms with Gasteiger partial charge in [0.15, 0.2) is 11.5 Å². The Labute approximate surface area is 213 Å². The Morgan fingerprint density at radius 1 is 1.14 bits per heavy atom. The fourth-order valence-corrected chi connectivity index (χ4v) is 4.75. The zero-order valence-corrected chi connectivity index (χ0v) is 20.1. The number of hydrogen-bond donors (Lipinski definition) is 2. The lowest BCUT2D eigenvalue weighted by atomic mass is 9.93. The lowest BCUT2D eigenvalue weighted by molar-refractivity contribution is -0.132. The number of ether oxygens (including phenoxy) is 2. The predicted molar refractivity (Wildman–Crippen MR) is 135 cm³/mol. The standard InChI is InChI=1S/C29H24N2O6/c1-2-36-24-15-19(7-11-22(24)32)26-25(27(33)20-8-12-23-18(14-20)4-3-13-37-23)28(34)29(35)31(26)21-9-5-17(16-30)6-10-21/h5-12,14-15,26,32-33H,2-4,13H2,1H3/b27-25+. The molecule has 1 saturated heterocycles. The molecule has 0 saturated carbocycles. The number of nitriles is 1. The molecule has 2 aliphatic rings. The van der Waals surface area contributed by atoms with Gasteiger partial charge in [-0.25, -0.2) is 0 Å². The smallest absolute Gasteiger partial charge is 0.300 e. The van der Waals surface area contributed by atoms with Crippen molar-refractivity contribution in [2.75, 3.05) is 18.1 Å². The fourth-order valence-electron chi connectivity index (χ4n) is 4.75. The number of Topliss-reactive ketones (excluding diaryl/α,β-unsaturated/α-hetero) is 1. The number of phenols is 1. The first kappa shape index (κ1) is 23.9. The van der Waals surface area contributed by atoms with Crippen LogP contribution in [0.4, 0.5) is 5.69 Å². The molecule has 3 aromatic carbocycles. The average molecular weight is 497 g/mol. The van der Waals surface area contributed by atoms with E-state index >= 15 is 0 Å². The molecule has 2 aliphatic heterocycles. The Balaban J connectivity index is 1.70. The first-order valence-corrected chi connectivity index (χ1v) is 12.0. The molecule has 0 bridgehead atoms. The van der Waals surface area contributed by atoms with Crippen molar-refractivity contribution in [2.45, 2.75) is 25.8 Å². The van der Waals surface area contributed by atoms with Crippen molar-refractivity contribution in [1.29, 1.82) is 5.26 Å². The topological polar surface area (TPSA) is 120 Å². The molecule has 0 spiro atoms. The van der Waals surface area contributed by atoms with E-state index in [4.69, 9.17) is 9.47 Å². The third-order valence-electron chi connectivity index (χ3n) is 6.50. The Hall–Kier alpha value is -4.77. The molecular weight excluding hydrogens is 472 g/mol. The zero-order valence-electron chi connectivity index (χ0n) is 20.1. The lowest BCUT2D eigenvalue weighted by Crippen LogP contribution is -2.29. The van der Waals surface area contributed by atoms with E-state index < -0.39 is 17.7 Å². The number of anilines is 1. The number of aliphatic hydroxyl groups is 1. The Morgan fingerprint density at radius 3 is 2.65 bits per heavy atom. The second-order valence-electron chi connectivity index (χ2n) is 8.76. The highest BCUT2D eigenvalue weighted by Gasteiger charge is 2.47. The number of rotatable bonds is 5. The minimum Gasteiger partial charge on any atom is -0.507 e. The maximum Gasteiger partial charge on any atom is 0.300 e. The van der Waals surface area contributed by atoms with Gasteiger partial charge in [0.25, 0.3) is 11.7 Å². The molecular formula is C29H24N2O6. The largest absolute Gasteiger partial charge is 0.507 e. The van der Waals surface area contributed by atoms with Crippen LogP contribution in [0, 0.1) is 11.3 Å². The molecule has 1 fully saturated rings. The molecule has 2 heterocycles. The Kier molecular flexibility index (Phi) is 6.28. The minimum absolute atomic E-state index is 0.0841. The number of aromatic hydroxyl groups is 1. The number of fused-ring (bicyclic) bond motifs is 1. The van der Waals surface area contributed by atoms with Crippen LogP contribution in [0.2, 0.25) is 0 Å². The van der Waals surface area contributed by atoms with Gasteiger partial charge >= 0.3 is 0 Å². The molecule has 1 amide bonds. The molecule has 0 radical (unpaired) electrons.